The van der Waals surface area contributed by atoms with Gasteiger partial charge in [-0.05, 0) is 68.3 Å². The molecule has 0 aliphatic carbocycles. The van der Waals surface area contributed by atoms with Crippen molar-refractivity contribution < 1.29 is 14.6 Å². The number of benzene rings is 3. The minimum Gasteiger partial charge on any atom is -0.491 e. The smallest absolute Gasteiger partial charge is 0.148 e. The highest BCUT2D eigenvalue weighted by Crippen LogP contribution is 2.20. The molecule has 1 N–H and O–H groups in total. The molecule has 1 atom stereocenters. The molecule has 0 saturated carbocycles. The van der Waals surface area contributed by atoms with Gasteiger partial charge in [-0.2, -0.15) is 0 Å². The van der Waals surface area contributed by atoms with Gasteiger partial charge < -0.3 is 19.1 Å². The molecule has 0 aliphatic rings. The molecule has 0 bridgehead atoms. The highest BCUT2D eigenvalue weighted by molar-refractivity contribution is 5.75. The fourth-order valence-electron chi connectivity index (χ4n) is 3.69. The Kier molecular flexibility index (Phi) is 6.23. The molecule has 4 rings (SSSR count). The number of ether oxygens (including phenoxy) is 2. The zero-order valence-electron chi connectivity index (χ0n) is 18.2. The SMILES string of the molecule is Cc1ccc(OCc2nc3ccccc3n2C[C@H](O)COc2cc(C)cc(C)c2)cc1. The van der Waals surface area contributed by atoms with E-state index in [0.29, 0.717) is 13.2 Å². The molecule has 0 radical (unpaired) electrons. The molecule has 4 aromatic rings. The molecule has 5 heteroatoms. The van der Waals surface area contributed by atoms with Gasteiger partial charge in [-0.3, -0.25) is 0 Å². The minimum atomic E-state index is -0.684. The molecule has 0 aliphatic heterocycles. The summed E-state index contributed by atoms with van der Waals surface area (Å²) in [5.74, 6) is 2.34. The van der Waals surface area contributed by atoms with E-state index in [2.05, 4.69) is 6.07 Å². The van der Waals surface area contributed by atoms with Crippen LogP contribution in [0.1, 0.15) is 22.5 Å². The van der Waals surface area contributed by atoms with E-state index in [-0.39, 0.29) is 6.61 Å². The van der Waals surface area contributed by atoms with Crippen LogP contribution in [0.2, 0.25) is 0 Å². The van der Waals surface area contributed by atoms with Gasteiger partial charge in [-0.15, -0.1) is 0 Å². The predicted molar refractivity (Wildman–Crippen MR) is 123 cm³/mol. The summed E-state index contributed by atoms with van der Waals surface area (Å²) < 4.78 is 13.8. The number of hydrogen-bond donors (Lipinski definition) is 1. The van der Waals surface area contributed by atoms with E-state index in [4.69, 9.17) is 14.5 Å². The van der Waals surface area contributed by atoms with E-state index < -0.39 is 6.10 Å². The van der Waals surface area contributed by atoms with Crippen LogP contribution in [0.4, 0.5) is 0 Å². The van der Waals surface area contributed by atoms with Crippen molar-refractivity contribution >= 4 is 11.0 Å². The molecule has 3 aromatic carbocycles. The molecule has 0 saturated heterocycles. The number of aryl methyl sites for hydroxylation is 3. The topological polar surface area (TPSA) is 56.5 Å². The molecule has 1 heterocycles. The number of rotatable bonds is 8. The predicted octanol–water partition coefficient (Wildman–Crippen LogP) is 4.98. The Morgan fingerprint density at radius 1 is 0.839 bits per heavy atom. The van der Waals surface area contributed by atoms with Crippen LogP contribution in [0, 0.1) is 20.8 Å². The lowest BCUT2D eigenvalue weighted by Crippen LogP contribution is -2.25. The average molecular weight is 417 g/mol. The summed E-state index contributed by atoms with van der Waals surface area (Å²) >= 11 is 0. The maximum atomic E-state index is 10.7. The first-order valence-corrected chi connectivity index (χ1v) is 10.5. The lowest BCUT2D eigenvalue weighted by molar-refractivity contribution is 0.0917. The second-order valence-electron chi connectivity index (χ2n) is 8.02. The number of imidazole rings is 1. The first-order valence-electron chi connectivity index (χ1n) is 10.5. The molecule has 160 valence electrons. The van der Waals surface area contributed by atoms with Crippen molar-refractivity contribution in [2.45, 2.75) is 40.0 Å². The molecule has 5 nitrogen and oxygen atoms in total. The molecule has 31 heavy (non-hydrogen) atoms. The minimum absolute atomic E-state index is 0.202. The van der Waals surface area contributed by atoms with E-state index in [0.717, 1.165) is 39.5 Å². The van der Waals surface area contributed by atoms with Crippen molar-refractivity contribution in [2.75, 3.05) is 6.61 Å². The van der Waals surface area contributed by atoms with E-state index in [9.17, 15) is 5.11 Å². The lowest BCUT2D eigenvalue weighted by atomic mass is 10.1. The second-order valence-corrected chi connectivity index (χ2v) is 8.02. The summed E-state index contributed by atoms with van der Waals surface area (Å²) in [6.45, 7) is 7.02. The molecule has 0 spiro atoms. The average Bonchev–Trinajstić information content (AvgIpc) is 3.09. The van der Waals surface area contributed by atoms with Gasteiger partial charge >= 0.3 is 0 Å². The van der Waals surface area contributed by atoms with E-state index in [1.807, 2.05) is 86.0 Å². The van der Waals surface area contributed by atoms with E-state index in [1.165, 1.54) is 5.56 Å². The van der Waals surface area contributed by atoms with Gasteiger partial charge in [0.2, 0.25) is 0 Å². The molecule has 0 amide bonds. The third-order valence-corrected chi connectivity index (χ3v) is 5.15. The Morgan fingerprint density at radius 3 is 2.29 bits per heavy atom. The Hall–Kier alpha value is -3.31. The number of hydrogen-bond acceptors (Lipinski definition) is 4. The van der Waals surface area contributed by atoms with Gasteiger partial charge in [0, 0.05) is 0 Å². The molecule has 0 fully saturated rings. The maximum Gasteiger partial charge on any atom is 0.148 e. The lowest BCUT2D eigenvalue weighted by Gasteiger charge is -2.16. The fourth-order valence-corrected chi connectivity index (χ4v) is 3.69. The van der Waals surface area contributed by atoms with E-state index in [1.54, 1.807) is 0 Å². The number of aliphatic hydroxyl groups excluding tert-OH is 1. The van der Waals surface area contributed by atoms with Gasteiger partial charge in [0.05, 0.1) is 17.6 Å². The van der Waals surface area contributed by atoms with Crippen molar-refractivity contribution in [3.05, 3.63) is 89.2 Å². The maximum absolute atomic E-state index is 10.7. The van der Waals surface area contributed by atoms with Crippen molar-refractivity contribution in [3.8, 4) is 11.5 Å². The van der Waals surface area contributed by atoms with Crippen LogP contribution >= 0.6 is 0 Å². The largest absolute Gasteiger partial charge is 0.491 e. The standard InChI is InChI=1S/C26H28N2O3/c1-18-8-10-22(11-9-18)31-17-26-27-24-6-4-5-7-25(24)28(26)15-21(29)16-30-23-13-19(2)12-20(3)14-23/h4-14,21,29H,15-17H2,1-3H3/t21-/m0/s1. The summed E-state index contributed by atoms with van der Waals surface area (Å²) in [5.41, 5.74) is 5.32. The number of aliphatic hydroxyl groups is 1. The Labute approximate surface area is 182 Å². The van der Waals surface area contributed by atoms with E-state index >= 15 is 0 Å². The van der Waals surface area contributed by atoms with Crippen LogP contribution in [0.15, 0.2) is 66.7 Å². The second kappa shape index (κ2) is 9.23. The summed E-state index contributed by atoms with van der Waals surface area (Å²) in [7, 11) is 0. The van der Waals surface area contributed by atoms with Gasteiger partial charge in [-0.1, -0.05) is 35.9 Å². The van der Waals surface area contributed by atoms with Gasteiger partial charge in [0.1, 0.15) is 36.6 Å². The van der Waals surface area contributed by atoms with Gasteiger partial charge in [-0.25, -0.2) is 4.98 Å². The van der Waals surface area contributed by atoms with Crippen molar-refractivity contribution in [1.82, 2.24) is 9.55 Å². The van der Waals surface area contributed by atoms with Gasteiger partial charge in [0.25, 0.3) is 0 Å². The zero-order chi connectivity index (χ0) is 21.8. The number of aromatic nitrogens is 2. The van der Waals surface area contributed by atoms with Crippen LogP contribution in [0.25, 0.3) is 11.0 Å². The van der Waals surface area contributed by atoms with Crippen LogP contribution < -0.4 is 9.47 Å². The number of para-hydroxylation sites is 2. The Morgan fingerprint density at radius 2 is 1.55 bits per heavy atom. The Bertz CT molecular complexity index is 1140. The zero-order valence-corrected chi connectivity index (χ0v) is 18.2. The summed E-state index contributed by atoms with van der Waals surface area (Å²) in [4.78, 5) is 4.73. The Balaban J connectivity index is 1.48. The van der Waals surface area contributed by atoms with Crippen LogP contribution in [-0.2, 0) is 13.2 Å². The van der Waals surface area contributed by atoms with Crippen molar-refractivity contribution in [1.29, 1.82) is 0 Å². The van der Waals surface area contributed by atoms with Crippen molar-refractivity contribution in [2.24, 2.45) is 0 Å². The first-order chi connectivity index (χ1) is 15.0. The molecule has 0 unspecified atom stereocenters. The van der Waals surface area contributed by atoms with Crippen LogP contribution in [-0.4, -0.2) is 27.4 Å². The van der Waals surface area contributed by atoms with Crippen molar-refractivity contribution in [3.63, 3.8) is 0 Å². The molecule has 1 aromatic heterocycles. The molecular formula is C26H28N2O3. The third-order valence-electron chi connectivity index (χ3n) is 5.15. The highest BCUT2D eigenvalue weighted by atomic mass is 16.5. The monoisotopic (exact) mass is 416 g/mol. The third kappa shape index (κ3) is 5.25. The summed E-state index contributed by atoms with van der Waals surface area (Å²) in [6, 6.07) is 21.9. The quantitative estimate of drug-likeness (QED) is 0.440. The van der Waals surface area contributed by atoms with Crippen LogP contribution in [0.3, 0.4) is 0 Å². The summed E-state index contributed by atoms with van der Waals surface area (Å²) in [5, 5.41) is 10.7. The fraction of sp³-hybridized carbons (Fsp3) is 0.269. The van der Waals surface area contributed by atoms with Gasteiger partial charge in [0.15, 0.2) is 0 Å². The molecular weight excluding hydrogens is 388 g/mol. The highest BCUT2D eigenvalue weighted by Gasteiger charge is 2.15. The number of fused-ring (bicyclic) bond motifs is 1. The number of nitrogens with zero attached hydrogens (tertiary/aromatic N) is 2. The summed E-state index contributed by atoms with van der Waals surface area (Å²) in [6.07, 6.45) is -0.684. The van der Waals surface area contributed by atoms with Crippen LogP contribution in [0.5, 0.6) is 11.5 Å². The first kappa shape index (κ1) is 20.9. The normalized spacial score (nSPS) is 12.1.